The minimum Gasteiger partial charge on any atom is -0.396 e. The van der Waals surface area contributed by atoms with Gasteiger partial charge in [0.15, 0.2) is 0 Å². The van der Waals surface area contributed by atoms with Gasteiger partial charge >= 0.3 is 0 Å². The van der Waals surface area contributed by atoms with E-state index in [-0.39, 0.29) is 24.0 Å². The molecule has 3 nitrogen and oxygen atoms in total. The Kier molecular flexibility index (Phi) is 6.76. The number of hydrogen-bond donors (Lipinski definition) is 2. The van der Waals surface area contributed by atoms with Gasteiger partial charge in [-0.1, -0.05) is 41.5 Å². The molecule has 0 rings (SSSR count). The molecule has 0 saturated carbocycles. The predicted molar refractivity (Wildman–Crippen MR) is 71.7 cm³/mol. The molecule has 3 heteroatoms. The van der Waals surface area contributed by atoms with Crippen LogP contribution in [0.25, 0.3) is 0 Å². The Morgan fingerprint density at radius 1 is 1.24 bits per heavy atom. The first-order valence-corrected chi connectivity index (χ1v) is 6.62. The van der Waals surface area contributed by atoms with Crippen LogP contribution >= 0.6 is 0 Å². The maximum atomic E-state index is 12.2. The Bertz CT molecular complexity index is 234. The molecule has 0 aliphatic heterocycles. The van der Waals surface area contributed by atoms with E-state index < -0.39 is 0 Å². The average molecular weight is 243 g/mol. The van der Waals surface area contributed by atoms with Gasteiger partial charge in [-0.3, -0.25) is 4.79 Å². The van der Waals surface area contributed by atoms with Crippen LogP contribution in [-0.2, 0) is 4.79 Å². The van der Waals surface area contributed by atoms with Gasteiger partial charge in [-0.15, -0.1) is 0 Å². The normalized spacial score (nSPS) is 14.2. The summed E-state index contributed by atoms with van der Waals surface area (Å²) in [5.41, 5.74) is -0.337. The summed E-state index contributed by atoms with van der Waals surface area (Å²) < 4.78 is 0. The Morgan fingerprint density at radius 3 is 2.12 bits per heavy atom. The lowest BCUT2D eigenvalue weighted by Gasteiger charge is -2.30. The summed E-state index contributed by atoms with van der Waals surface area (Å²) in [6, 6.07) is 0.0685. The third-order valence-electron chi connectivity index (χ3n) is 3.09. The standard InChI is InChI=1S/C14H29NO2/c1-10(2)9-14(5,6)13(17)15-12(7-8-16)11(3)4/h10-12,16H,7-9H2,1-6H3,(H,15,17). The Balaban J connectivity index is 4.48. The van der Waals surface area contributed by atoms with Gasteiger partial charge < -0.3 is 10.4 Å². The minimum atomic E-state index is -0.337. The number of carbonyl (C=O) groups is 1. The SMILES string of the molecule is CC(C)CC(C)(C)C(=O)NC(CCO)C(C)C. The van der Waals surface area contributed by atoms with Crippen LogP contribution in [0.2, 0.25) is 0 Å². The summed E-state index contributed by atoms with van der Waals surface area (Å²) in [6.45, 7) is 12.5. The lowest BCUT2D eigenvalue weighted by atomic mass is 9.82. The van der Waals surface area contributed by atoms with Crippen molar-refractivity contribution in [1.29, 1.82) is 0 Å². The van der Waals surface area contributed by atoms with Crippen LogP contribution in [0.15, 0.2) is 0 Å². The van der Waals surface area contributed by atoms with Gasteiger partial charge in [0.05, 0.1) is 0 Å². The summed E-state index contributed by atoms with van der Waals surface area (Å²) >= 11 is 0. The van der Waals surface area contributed by atoms with Crippen molar-refractivity contribution in [2.75, 3.05) is 6.61 Å². The molecule has 0 aromatic rings. The second-order valence-corrected chi connectivity index (χ2v) is 6.32. The van der Waals surface area contributed by atoms with Crippen molar-refractivity contribution in [2.24, 2.45) is 17.3 Å². The summed E-state index contributed by atoms with van der Waals surface area (Å²) in [6.07, 6.45) is 1.50. The molecule has 2 N–H and O–H groups in total. The van der Waals surface area contributed by atoms with Crippen molar-refractivity contribution in [3.8, 4) is 0 Å². The van der Waals surface area contributed by atoms with Gasteiger partial charge in [0.2, 0.25) is 5.91 Å². The van der Waals surface area contributed by atoms with Crippen molar-refractivity contribution >= 4 is 5.91 Å². The van der Waals surface area contributed by atoms with Crippen LogP contribution < -0.4 is 5.32 Å². The van der Waals surface area contributed by atoms with E-state index in [9.17, 15) is 4.79 Å². The van der Waals surface area contributed by atoms with E-state index in [1.54, 1.807) is 0 Å². The molecule has 102 valence electrons. The molecule has 17 heavy (non-hydrogen) atoms. The van der Waals surface area contributed by atoms with Crippen LogP contribution in [0, 0.1) is 17.3 Å². The molecule has 1 unspecified atom stereocenters. The largest absolute Gasteiger partial charge is 0.396 e. The second-order valence-electron chi connectivity index (χ2n) is 6.32. The van der Waals surface area contributed by atoms with Gasteiger partial charge in [0.1, 0.15) is 0 Å². The number of hydrogen-bond acceptors (Lipinski definition) is 2. The molecule has 0 fully saturated rings. The van der Waals surface area contributed by atoms with E-state index in [1.807, 2.05) is 13.8 Å². The molecule has 0 bridgehead atoms. The van der Waals surface area contributed by atoms with Crippen LogP contribution in [0.3, 0.4) is 0 Å². The zero-order valence-corrected chi connectivity index (χ0v) is 12.2. The van der Waals surface area contributed by atoms with E-state index in [1.165, 1.54) is 0 Å². The monoisotopic (exact) mass is 243 g/mol. The van der Waals surface area contributed by atoms with E-state index in [0.717, 1.165) is 6.42 Å². The number of amides is 1. The molecule has 0 aliphatic carbocycles. The highest BCUT2D eigenvalue weighted by molar-refractivity contribution is 5.82. The fourth-order valence-corrected chi connectivity index (χ4v) is 2.19. The third-order valence-corrected chi connectivity index (χ3v) is 3.09. The second kappa shape index (κ2) is 7.00. The maximum absolute atomic E-state index is 12.2. The first-order chi connectivity index (χ1) is 7.70. The van der Waals surface area contributed by atoms with Crippen molar-refractivity contribution < 1.29 is 9.90 Å². The van der Waals surface area contributed by atoms with E-state index >= 15 is 0 Å². The van der Waals surface area contributed by atoms with E-state index in [4.69, 9.17) is 5.11 Å². The highest BCUT2D eigenvalue weighted by Gasteiger charge is 2.30. The molecule has 0 aliphatic rings. The number of nitrogens with one attached hydrogen (secondary N) is 1. The fraction of sp³-hybridized carbons (Fsp3) is 0.929. The Hall–Kier alpha value is -0.570. The maximum Gasteiger partial charge on any atom is 0.225 e. The molecule has 0 saturated heterocycles. The summed E-state index contributed by atoms with van der Waals surface area (Å²) in [7, 11) is 0. The molecule has 1 amide bonds. The molecule has 0 heterocycles. The zero-order chi connectivity index (χ0) is 13.6. The van der Waals surface area contributed by atoms with Crippen LogP contribution in [0.5, 0.6) is 0 Å². The minimum absolute atomic E-state index is 0.0685. The molecule has 0 radical (unpaired) electrons. The number of carbonyl (C=O) groups excluding carboxylic acids is 1. The topological polar surface area (TPSA) is 49.3 Å². The molecule has 1 atom stereocenters. The fourth-order valence-electron chi connectivity index (χ4n) is 2.19. The van der Waals surface area contributed by atoms with Gasteiger partial charge in [0.25, 0.3) is 0 Å². The van der Waals surface area contributed by atoms with Gasteiger partial charge in [-0.25, -0.2) is 0 Å². The smallest absolute Gasteiger partial charge is 0.225 e. The highest BCUT2D eigenvalue weighted by Crippen LogP contribution is 2.26. The molecule has 0 aromatic heterocycles. The van der Waals surface area contributed by atoms with E-state index in [2.05, 4.69) is 33.0 Å². The third kappa shape index (κ3) is 6.06. The quantitative estimate of drug-likeness (QED) is 0.722. The Labute approximate surface area is 106 Å². The van der Waals surface area contributed by atoms with Crippen molar-refractivity contribution in [3.63, 3.8) is 0 Å². The van der Waals surface area contributed by atoms with E-state index in [0.29, 0.717) is 18.3 Å². The number of rotatable bonds is 7. The molecule has 0 spiro atoms. The lowest BCUT2D eigenvalue weighted by Crippen LogP contribution is -2.46. The lowest BCUT2D eigenvalue weighted by molar-refractivity contribution is -0.131. The van der Waals surface area contributed by atoms with Gasteiger partial charge in [-0.2, -0.15) is 0 Å². The average Bonchev–Trinajstić information content (AvgIpc) is 2.14. The van der Waals surface area contributed by atoms with Crippen molar-refractivity contribution in [2.45, 2.75) is 60.4 Å². The molecular weight excluding hydrogens is 214 g/mol. The molecular formula is C14H29NO2. The van der Waals surface area contributed by atoms with Gasteiger partial charge in [-0.05, 0) is 24.7 Å². The van der Waals surface area contributed by atoms with Crippen LogP contribution in [0.4, 0.5) is 0 Å². The van der Waals surface area contributed by atoms with Crippen LogP contribution in [-0.4, -0.2) is 23.7 Å². The number of aliphatic hydroxyl groups is 1. The number of aliphatic hydroxyl groups excluding tert-OH is 1. The first-order valence-electron chi connectivity index (χ1n) is 6.62. The summed E-state index contributed by atoms with van der Waals surface area (Å²) in [4.78, 5) is 12.2. The first kappa shape index (κ1) is 16.4. The highest BCUT2D eigenvalue weighted by atomic mass is 16.3. The Morgan fingerprint density at radius 2 is 1.76 bits per heavy atom. The van der Waals surface area contributed by atoms with Crippen molar-refractivity contribution in [1.82, 2.24) is 5.32 Å². The molecule has 0 aromatic carbocycles. The van der Waals surface area contributed by atoms with Gasteiger partial charge in [0, 0.05) is 18.1 Å². The van der Waals surface area contributed by atoms with Crippen molar-refractivity contribution in [3.05, 3.63) is 0 Å². The van der Waals surface area contributed by atoms with Crippen LogP contribution in [0.1, 0.15) is 54.4 Å². The zero-order valence-electron chi connectivity index (χ0n) is 12.2. The predicted octanol–water partition coefficient (Wildman–Crippen LogP) is 2.58. The summed E-state index contributed by atoms with van der Waals surface area (Å²) in [5.74, 6) is 0.949. The summed E-state index contributed by atoms with van der Waals surface area (Å²) in [5, 5.41) is 12.1.